The highest BCUT2D eigenvalue weighted by molar-refractivity contribution is 7.16. The summed E-state index contributed by atoms with van der Waals surface area (Å²) in [5.41, 5.74) is -0.326. The zero-order chi connectivity index (χ0) is 13.8. The molecule has 0 bridgehead atoms. The molecule has 0 aromatic carbocycles. The van der Waals surface area contributed by atoms with Crippen molar-refractivity contribution in [2.24, 2.45) is 0 Å². The number of hydrogen-bond acceptors (Lipinski definition) is 4. The number of hydrogen-bond donors (Lipinski definition) is 3. The van der Waals surface area contributed by atoms with Crippen LogP contribution in [0.4, 0.5) is 0 Å². The first kappa shape index (κ1) is 13.6. The van der Waals surface area contributed by atoms with E-state index in [9.17, 15) is 9.59 Å². The molecular formula is C11H10ClN3O3S. The Morgan fingerprint density at radius 3 is 2.89 bits per heavy atom. The van der Waals surface area contributed by atoms with Gasteiger partial charge in [0, 0.05) is 11.4 Å². The maximum absolute atomic E-state index is 11.7. The van der Waals surface area contributed by atoms with Gasteiger partial charge in [-0.1, -0.05) is 11.6 Å². The topological polar surface area (TPSA) is 95.1 Å². The molecule has 1 amide bonds. The van der Waals surface area contributed by atoms with Crippen molar-refractivity contribution in [2.75, 3.05) is 6.54 Å². The van der Waals surface area contributed by atoms with E-state index in [2.05, 4.69) is 15.3 Å². The fourth-order valence-electron chi connectivity index (χ4n) is 1.50. The second-order valence-electron chi connectivity index (χ2n) is 3.64. The summed E-state index contributed by atoms with van der Waals surface area (Å²) in [6.07, 6.45) is 1.81. The lowest BCUT2D eigenvalue weighted by atomic mass is 10.3. The molecule has 0 aliphatic rings. The van der Waals surface area contributed by atoms with E-state index in [1.165, 1.54) is 17.7 Å². The van der Waals surface area contributed by atoms with Gasteiger partial charge in [-0.2, -0.15) is 0 Å². The van der Waals surface area contributed by atoms with Crippen molar-refractivity contribution < 1.29 is 14.7 Å². The summed E-state index contributed by atoms with van der Waals surface area (Å²) in [7, 11) is 0. The molecule has 8 heteroatoms. The first-order valence-corrected chi connectivity index (χ1v) is 6.56. The lowest BCUT2D eigenvalue weighted by Crippen LogP contribution is -2.27. The number of carboxylic acids is 1. The van der Waals surface area contributed by atoms with E-state index >= 15 is 0 Å². The zero-order valence-corrected chi connectivity index (χ0v) is 11.2. The van der Waals surface area contributed by atoms with E-state index in [-0.39, 0.29) is 11.4 Å². The van der Waals surface area contributed by atoms with Crippen molar-refractivity contribution in [3.8, 4) is 0 Å². The van der Waals surface area contributed by atoms with Crippen LogP contribution in [-0.2, 0) is 6.42 Å². The first-order valence-electron chi connectivity index (χ1n) is 5.37. The minimum Gasteiger partial charge on any atom is -0.477 e. The van der Waals surface area contributed by atoms with Gasteiger partial charge in [0.2, 0.25) is 0 Å². The Kier molecular flexibility index (Phi) is 4.18. The summed E-state index contributed by atoms with van der Waals surface area (Å²) in [4.78, 5) is 29.7. The van der Waals surface area contributed by atoms with E-state index in [0.29, 0.717) is 17.3 Å². The predicted octanol–water partition coefficient (Wildman–Crippen LogP) is 1.80. The molecule has 3 N–H and O–H groups in total. The van der Waals surface area contributed by atoms with Gasteiger partial charge in [0.1, 0.15) is 0 Å². The van der Waals surface area contributed by atoms with Crippen LogP contribution in [0.3, 0.4) is 0 Å². The first-order chi connectivity index (χ1) is 9.08. The highest BCUT2D eigenvalue weighted by Crippen LogP contribution is 2.21. The number of rotatable bonds is 5. The minimum absolute atomic E-state index is 0.114. The Labute approximate surface area is 117 Å². The summed E-state index contributed by atoms with van der Waals surface area (Å²) in [5, 5.41) is 11.5. The number of aromatic nitrogens is 2. The van der Waals surface area contributed by atoms with Crippen molar-refractivity contribution in [1.29, 1.82) is 0 Å². The number of amides is 1. The van der Waals surface area contributed by atoms with Gasteiger partial charge in [-0.15, -0.1) is 11.3 Å². The van der Waals surface area contributed by atoms with Crippen molar-refractivity contribution >= 4 is 34.8 Å². The number of aromatic carboxylic acids is 1. The summed E-state index contributed by atoms with van der Waals surface area (Å²) in [5.74, 6) is -1.73. The van der Waals surface area contributed by atoms with Crippen LogP contribution in [0.1, 0.15) is 25.9 Å². The zero-order valence-electron chi connectivity index (χ0n) is 9.64. The third kappa shape index (κ3) is 3.33. The average molecular weight is 300 g/mol. The molecule has 2 heterocycles. The van der Waals surface area contributed by atoms with Gasteiger partial charge < -0.3 is 15.4 Å². The van der Waals surface area contributed by atoms with E-state index in [1.807, 2.05) is 6.07 Å². The van der Waals surface area contributed by atoms with Crippen LogP contribution in [0.2, 0.25) is 4.34 Å². The molecule has 0 aliphatic carbocycles. The van der Waals surface area contributed by atoms with Gasteiger partial charge in [0.15, 0.2) is 11.4 Å². The molecule has 6 nitrogen and oxygen atoms in total. The van der Waals surface area contributed by atoms with Crippen LogP contribution < -0.4 is 5.32 Å². The van der Waals surface area contributed by atoms with Crippen molar-refractivity contribution in [2.45, 2.75) is 6.42 Å². The van der Waals surface area contributed by atoms with Gasteiger partial charge in [-0.05, 0) is 18.6 Å². The number of carboxylic acid groups (broad SMARTS) is 1. The molecule has 0 unspecified atom stereocenters. The van der Waals surface area contributed by atoms with E-state index in [0.717, 1.165) is 4.88 Å². The monoisotopic (exact) mass is 299 g/mol. The Balaban J connectivity index is 1.91. The summed E-state index contributed by atoms with van der Waals surface area (Å²) in [6, 6.07) is 3.68. The van der Waals surface area contributed by atoms with Crippen LogP contribution in [0.15, 0.2) is 18.5 Å². The number of nitrogens with one attached hydrogen (secondary N) is 2. The molecule has 2 aromatic rings. The fourth-order valence-corrected chi connectivity index (χ4v) is 2.59. The van der Waals surface area contributed by atoms with E-state index in [4.69, 9.17) is 16.7 Å². The van der Waals surface area contributed by atoms with Crippen LogP contribution in [0.25, 0.3) is 0 Å². The molecule has 0 radical (unpaired) electrons. The Morgan fingerprint density at radius 2 is 2.26 bits per heavy atom. The molecular weight excluding hydrogens is 290 g/mol. The van der Waals surface area contributed by atoms with Crippen molar-refractivity contribution in [3.05, 3.63) is 39.1 Å². The van der Waals surface area contributed by atoms with Gasteiger partial charge in [-0.25, -0.2) is 9.78 Å². The molecule has 19 heavy (non-hydrogen) atoms. The number of H-pyrrole nitrogens is 1. The van der Waals surface area contributed by atoms with Crippen molar-refractivity contribution in [1.82, 2.24) is 15.3 Å². The van der Waals surface area contributed by atoms with E-state index in [1.54, 1.807) is 6.07 Å². The smallest absolute Gasteiger partial charge is 0.354 e. The number of aromatic amines is 1. The quantitative estimate of drug-likeness (QED) is 0.784. The lowest BCUT2D eigenvalue weighted by Gasteiger charge is -2.02. The molecule has 2 rings (SSSR count). The SMILES string of the molecule is O=C(NCCc1ccc(Cl)s1)c1nc[nH]c1C(=O)O. The molecule has 0 spiro atoms. The summed E-state index contributed by atoms with van der Waals surface area (Å²) in [6.45, 7) is 0.390. The fraction of sp³-hybridized carbons (Fsp3) is 0.182. The third-order valence-electron chi connectivity index (χ3n) is 2.35. The number of carbonyl (C=O) groups is 2. The highest BCUT2D eigenvalue weighted by atomic mass is 35.5. The van der Waals surface area contributed by atoms with Crippen LogP contribution in [0.5, 0.6) is 0 Å². The molecule has 0 atom stereocenters. The van der Waals surface area contributed by atoms with Gasteiger partial charge in [-0.3, -0.25) is 4.79 Å². The third-order valence-corrected chi connectivity index (χ3v) is 3.65. The van der Waals surface area contributed by atoms with Gasteiger partial charge >= 0.3 is 5.97 Å². The molecule has 0 saturated carbocycles. The second-order valence-corrected chi connectivity index (χ2v) is 5.44. The van der Waals surface area contributed by atoms with E-state index < -0.39 is 11.9 Å². The normalized spacial score (nSPS) is 10.4. The molecule has 100 valence electrons. The standard InChI is InChI=1S/C11H10ClN3O3S/c12-7-2-1-6(19-7)3-4-13-10(16)8-9(11(17)18)15-5-14-8/h1-2,5H,3-4H2,(H,13,16)(H,14,15)(H,17,18). The summed E-state index contributed by atoms with van der Waals surface area (Å²) < 4.78 is 0.696. The summed E-state index contributed by atoms with van der Waals surface area (Å²) >= 11 is 7.23. The Bertz CT molecular complexity index is 608. The predicted molar refractivity (Wildman–Crippen MR) is 70.9 cm³/mol. The number of nitrogens with zero attached hydrogens (tertiary/aromatic N) is 1. The second kappa shape index (κ2) is 5.85. The highest BCUT2D eigenvalue weighted by Gasteiger charge is 2.19. The van der Waals surface area contributed by atoms with Crippen LogP contribution >= 0.6 is 22.9 Å². The number of imidazole rings is 1. The maximum atomic E-state index is 11.7. The minimum atomic E-state index is -1.22. The molecule has 0 aliphatic heterocycles. The number of halogens is 1. The van der Waals surface area contributed by atoms with Gasteiger partial charge in [0.25, 0.3) is 5.91 Å². The number of thiophene rings is 1. The average Bonchev–Trinajstić information content (AvgIpc) is 2.97. The molecule has 2 aromatic heterocycles. The lowest BCUT2D eigenvalue weighted by molar-refractivity contribution is 0.0685. The van der Waals surface area contributed by atoms with Crippen LogP contribution in [-0.4, -0.2) is 33.5 Å². The number of carbonyl (C=O) groups excluding carboxylic acids is 1. The molecule has 0 saturated heterocycles. The molecule has 0 fully saturated rings. The largest absolute Gasteiger partial charge is 0.477 e. The van der Waals surface area contributed by atoms with Crippen molar-refractivity contribution in [3.63, 3.8) is 0 Å². The maximum Gasteiger partial charge on any atom is 0.354 e. The Morgan fingerprint density at radius 1 is 1.47 bits per heavy atom. The van der Waals surface area contributed by atoms with Crippen LogP contribution in [0, 0.1) is 0 Å². The Hall–Kier alpha value is -1.86. The van der Waals surface area contributed by atoms with Gasteiger partial charge in [0.05, 0.1) is 10.7 Å².